The highest BCUT2D eigenvalue weighted by Crippen LogP contribution is 2.30. The van der Waals surface area contributed by atoms with E-state index in [1.807, 2.05) is 42.7 Å². The van der Waals surface area contributed by atoms with Gasteiger partial charge in [0.15, 0.2) is 0 Å². The second-order valence-electron chi connectivity index (χ2n) is 15.4. The molecule has 11 nitrogen and oxygen atoms in total. The van der Waals surface area contributed by atoms with Crippen molar-refractivity contribution >= 4 is 33.9 Å². The molecule has 0 unspecified atom stereocenters. The summed E-state index contributed by atoms with van der Waals surface area (Å²) < 4.78 is 9.06. The van der Waals surface area contributed by atoms with Gasteiger partial charge in [0, 0.05) is 50.0 Å². The molecule has 0 spiro atoms. The minimum atomic E-state index is -1.21. The number of carboxylic acids is 1. The van der Waals surface area contributed by atoms with Crippen LogP contribution in [0.2, 0.25) is 0 Å². The first-order chi connectivity index (χ1) is 27.7. The van der Waals surface area contributed by atoms with E-state index in [0.717, 1.165) is 55.4 Å². The Kier molecular flexibility index (Phi) is 10.8. The molecule has 1 saturated heterocycles. The van der Waals surface area contributed by atoms with Gasteiger partial charge in [-0.2, -0.15) is 0 Å². The Morgan fingerprint density at radius 3 is 1.49 bits per heavy atom. The van der Waals surface area contributed by atoms with Gasteiger partial charge in [-0.05, 0) is 111 Å². The molecule has 3 aliphatic rings. The number of hydrogen-bond acceptors (Lipinski definition) is 7. The molecule has 2 aromatic carbocycles. The zero-order valence-electron chi connectivity index (χ0n) is 32.4. The first-order valence-electron chi connectivity index (χ1n) is 20.0. The second-order valence-corrected chi connectivity index (χ2v) is 15.4. The largest absolute Gasteiger partial charge is 0.477 e. The Hall–Kier alpha value is -5.94. The van der Waals surface area contributed by atoms with E-state index in [-0.39, 0.29) is 28.0 Å². The SMILES string of the molecule is CCn1cc(C(=O)N2CCOCC2)c(=O)c2nc(CC3Cc4ccccc4C3)ccc21.CCn1cc(C(=O)O)c(=O)c2nc(CC3Cc4ccccc4C3)ccc21. The molecule has 0 radical (unpaired) electrons. The van der Waals surface area contributed by atoms with Gasteiger partial charge in [0.1, 0.15) is 22.2 Å². The topological polar surface area (TPSA) is 137 Å². The summed E-state index contributed by atoms with van der Waals surface area (Å²) >= 11 is 0. The van der Waals surface area contributed by atoms with E-state index >= 15 is 0 Å². The third kappa shape index (κ3) is 7.76. The lowest BCUT2D eigenvalue weighted by Crippen LogP contribution is -2.42. The lowest BCUT2D eigenvalue weighted by Gasteiger charge is -2.27. The molecule has 292 valence electrons. The number of aryl methyl sites for hydroxylation is 2. The number of pyridine rings is 4. The summed E-state index contributed by atoms with van der Waals surface area (Å²) in [6.45, 7) is 7.21. The van der Waals surface area contributed by atoms with Crippen LogP contribution in [-0.4, -0.2) is 67.3 Å². The number of aromatic carboxylic acids is 1. The van der Waals surface area contributed by atoms with Crippen molar-refractivity contribution in [2.24, 2.45) is 11.8 Å². The van der Waals surface area contributed by atoms with Gasteiger partial charge < -0.3 is 23.9 Å². The van der Waals surface area contributed by atoms with Gasteiger partial charge in [-0.15, -0.1) is 0 Å². The number of morpholine rings is 1. The first-order valence-corrected chi connectivity index (χ1v) is 20.0. The molecule has 57 heavy (non-hydrogen) atoms. The third-order valence-electron chi connectivity index (χ3n) is 11.7. The Morgan fingerprint density at radius 2 is 1.07 bits per heavy atom. The molecule has 6 aromatic rings. The molecule has 0 atom stereocenters. The predicted octanol–water partition coefficient (Wildman–Crippen LogP) is 5.92. The number of carboxylic acid groups (broad SMARTS) is 1. The normalized spacial score (nSPS) is 15.4. The van der Waals surface area contributed by atoms with Crippen LogP contribution in [0.3, 0.4) is 0 Å². The van der Waals surface area contributed by atoms with E-state index in [0.29, 0.717) is 62.3 Å². The van der Waals surface area contributed by atoms with Crippen molar-refractivity contribution in [3.8, 4) is 0 Å². The maximum atomic E-state index is 13.3. The van der Waals surface area contributed by atoms with Crippen molar-refractivity contribution in [2.45, 2.75) is 65.5 Å². The first kappa shape index (κ1) is 38.0. The van der Waals surface area contributed by atoms with Crippen molar-refractivity contribution in [1.82, 2.24) is 24.0 Å². The molecule has 0 bridgehead atoms. The summed E-state index contributed by atoms with van der Waals surface area (Å²) in [5.74, 6) is -0.476. The van der Waals surface area contributed by atoms with Crippen LogP contribution in [0.25, 0.3) is 22.1 Å². The number of amides is 1. The molecule has 1 fully saturated rings. The number of carbonyl (C=O) groups is 2. The Labute approximate surface area is 330 Å². The van der Waals surface area contributed by atoms with Crippen molar-refractivity contribution in [2.75, 3.05) is 26.3 Å². The highest BCUT2D eigenvalue weighted by Gasteiger charge is 2.26. The van der Waals surface area contributed by atoms with E-state index in [1.165, 1.54) is 28.5 Å². The van der Waals surface area contributed by atoms with Crippen molar-refractivity contribution in [3.05, 3.63) is 150 Å². The lowest BCUT2D eigenvalue weighted by atomic mass is 9.99. The molecular formula is C46H47N5O6. The predicted molar refractivity (Wildman–Crippen MR) is 219 cm³/mol. The standard InChI is InChI=1S/C25H27N3O3.C21H20N2O3/c1-2-27-16-21(25(30)28-9-11-31-12-10-28)24(29)23-22(27)8-7-20(26-23)15-17-13-18-5-3-4-6-19(18)14-17;1-2-23-12-17(21(25)26)20(24)19-18(23)8-7-16(22-19)11-13-9-14-5-3-4-6-15(14)10-13/h3-8,16-17H,2,9-15H2,1H3;3-8,12-13H,2,9-11H2,1H3,(H,25,26). The molecule has 0 saturated carbocycles. The number of nitrogens with zero attached hydrogens (tertiary/aromatic N) is 5. The van der Waals surface area contributed by atoms with Gasteiger partial charge in [-0.25, -0.2) is 14.8 Å². The molecule has 2 aliphatic carbocycles. The Morgan fingerprint density at radius 1 is 0.649 bits per heavy atom. The number of hydrogen-bond donors (Lipinski definition) is 1. The van der Waals surface area contributed by atoms with E-state index in [2.05, 4.69) is 53.5 Å². The number of fused-ring (bicyclic) bond motifs is 4. The molecule has 11 heteroatoms. The molecule has 9 rings (SSSR count). The number of carbonyl (C=O) groups excluding carboxylic acids is 1. The van der Waals surface area contributed by atoms with Crippen molar-refractivity contribution < 1.29 is 19.4 Å². The second kappa shape index (κ2) is 16.3. The summed E-state index contributed by atoms with van der Waals surface area (Å²) in [7, 11) is 0. The zero-order valence-corrected chi connectivity index (χ0v) is 32.4. The van der Waals surface area contributed by atoms with Gasteiger partial charge in [-0.1, -0.05) is 48.5 Å². The monoisotopic (exact) mass is 765 g/mol. The Bertz CT molecular complexity index is 2570. The number of rotatable bonds is 8. The molecule has 1 amide bonds. The lowest BCUT2D eigenvalue weighted by molar-refractivity contribution is 0.0301. The summed E-state index contributed by atoms with van der Waals surface area (Å²) in [4.78, 5) is 61.3. The third-order valence-corrected chi connectivity index (χ3v) is 11.7. The fraction of sp³-hybridized carbons (Fsp3) is 0.348. The van der Waals surface area contributed by atoms with Gasteiger partial charge in [0.2, 0.25) is 10.9 Å². The molecule has 1 aliphatic heterocycles. The summed E-state index contributed by atoms with van der Waals surface area (Å²) in [6, 6.07) is 24.9. The summed E-state index contributed by atoms with van der Waals surface area (Å²) in [5.41, 5.74) is 8.69. The van der Waals surface area contributed by atoms with Crippen LogP contribution in [0.1, 0.15) is 68.2 Å². The van der Waals surface area contributed by atoms with Crippen LogP contribution in [0.5, 0.6) is 0 Å². The van der Waals surface area contributed by atoms with Crippen molar-refractivity contribution in [3.63, 3.8) is 0 Å². The summed E-state index contributed by atoms with van der Waals surface area (Å²) in [5, 5.41) is 9.30. The fourth-order valence-corrected chi connectivity index (χ4v) is 8.78. The van der Waals surface area contributed by atoms with Gasteiger partial charge in [-0.3, -0.25) is 14.4 Å². The van der Waals surface area contributed by atoms with Crippen molar-refractivity contribution in [1.29, 1.82) is 0 Å². The van der Waals surface area contributed by atoms with Crippen LogP contribution >= 0.6 is 0 Å². The maximum absolute atomic E-state index is 13.3. The van der Waals surface area contributed by atoms with E-state index < -0.39 is 11.4 Å². The van der Waals surface area contributed by atoms with Gasteiger partial charge >= 0.3 is 5.97 Å². The average molecular weight is 766 g/mol. The molecule has 4 aromatic heterocycles. The molecule has 5 heterocycles. The van der Waals surface area contributed by atoms with E-state index in [9.17, 15) is 24.3 Å². The van der Waals surface area contributed by atoms with E-state index in [4.69, 9.17) is 9.72 Å². The number of benzene rings is 2. The average Bonchev–Trinajstić information content (AvgIpc) is 3.84. The highest BCUT2D eigenvalue weighted by atomic mass is 16.5. The summed E-state index contributed by atoms with van der Waals surface area (Å²) in [6.07, 6.45) is 8.84. The van der Waals surface area contributed by atoms with Crippen LogP contribution in [0.15, 0.2) is 94.8 Å². The Balaban J connectivity index is 0.000000162. The number of ether oxygens (including phenoxy) is 1. The fourth-order valence-electron chi connectivity index (χ4n) is 8.78. The van der Waals surface area contributed by atoms with Gasteiger partial charge in [0.25, 0.3) is 5.91 Å². The molecular weight excluding hydrogens is 719 g/mol. The minimum Gasteiger partial charge on any atom is -0.477 e. The quantitative estimate of drug-likeness (QED) is 0.202. The van der Waals surface area contributed by atoms with Gasteiger partial charge in [0.05, 0.1) is 24.2 Å². The van der Waals surface area contributed by atoms with Crippen LogP contribution in [0, 0.1) is 11.8 Å². The van der Waals surface area contributed by atoms with Crippen LogP contribution in [-0.2, 0) is 56.4 Å². The minimum absolute atomic E-state index is 0.203. The van der Waals surface area contributed by atoms with Crippen LogP contribution in [0.4, 0.5) is 0 Å². The van der Waals surface area contributed by atoms with E-state index in [1.54, 1.807) is 15.7 Å². The maximum Gasteiger partial charge on any atom is 0.341 e. The highest BCUT2D eigenvalue weighted by molar-refractivity contribution is 5.96. The zero-order chi connectivity index (χ0) is 39.6. The molecule has 1 N–H and O–H groups in total. The smallest absolute Gasteiger partial charge is 0.341 e. The number of aromatic nitrogens is 4. The van der Waals surface area contributed by atoms with Crippen LogP contribution < -0.4 is 10.9 Å².